The van der Waals surface area contributed by atoms with E-state index in [4.69, 9.17) is 0 Å². The van der Waals surface area contributed by atoms with Crippen LogP contribution in [-0.2, 0) is 0 Å². The number of aromatic nitrogens is 2. The molecule has 0 saturated heterocycles. The summed E-state index contributed by atoms with van der Waals surface area (Å²) < 4.78 is 2.05. The third-order valence-electron chi connectivity index (χ3n) is 2.81. The van der Waals surface area contributed by atoms with E-state index in [-0.39, 0.29) is 12.1 Å². The average Bonchev–Trinajstić information content (AvgIpc) is 2.53. The molecule has 1 aromatic rings. The number of aryl methyl sites for hydroxylation is 1. The van der Waals surface area contributed by atoms with E-state index in [1.807, 2.05) is 19.4 Å². The molecule has 0 amide bonds. The minimum Gasteiger partial charge on any atom is -0.391 e. The molecule has 2 rings (SSSR count). The van der Waals surface area contributed by atoms with Gasteiger partial charge in [-0.25, -0.2) is 4.98 Å². The van der Waals surface area contributed by atoms with Gasteiger partial charge in [-0.2, -0.15) is 0 Å². The molecule has 1 aromatic heterocycles. The predicted octanol–water partition coefficient (Wildman–Crippen LogP) is 1.67. The lowest BCUT2D eigenvalue weighted by Crippen LogP contribution is -2.26. The third kappa shape index (κ3) is 1.75. The Hall–Kier alpha value is -0.830. The van der Waals surface area contributed by atoms with Crippen molar-refractivity contribution in [2.75, 3.05) is 0 Å². The summed E-state index contributed by atoms with van der Waals surface area (Å²) in [6.07, 6.45) is 8.05. The molecule has 1 heterocycles. The second-order valence-corrected chi connectivity index (χ2v) is 3.88. The third-order valence-corrected chi connectivity index (χ3v) is 2.81. The number of rotatable bonds is 1. The lowest BCUT2D eigenvalue weighted by atomic mass is 9.92. The highest BCUT2D eigenvalue weighted by Crippen LogP contribution is 2.28. The topological polar surface area (TPSA) is 38.0 Å². The molecular formula is C10H16N2O. The Kier molecular flexibility index (Phi) is 2.36. The lowest BCUT2D eigenvalue weighted by Gasteiger charge is -2.28. The van der Waals surface area contributed by atoms with E-state index in [2.05, 4.69) is 9.55 Å². The van der Waals surface area contributed by atoms with Gasteiger partial charge >= 0.3 is 0 Å². The van der Waals surface area contributed by atoms with Crippen LogP contribution >= 0.6 is 0 Å². The van der Waals surface area contributed by atoms with Crippen molar-refractivity contribution in [2.45, 2.75) is 44.8 Å². The van der Waals surface area contributed by atoms with Crippen LogP contribution in [0.1, 0.15) is 37.4 Å². The van der Waals surface area contributed by atoms with Crippen LogP contribution in [0.25, 0.3) is 0 Å². The molecule has 2 atom stereocenters. The summed E-state index contributed by atoms with van der Waals surface area (Å²) in [6.45, 7) is 1.98. The normalized spacial score (nSPS) is 29.1. The molecule has 0 bridgehead atoms. The smallest absolute Gasteiger partial charge is 0.0952 e. The van der Waals surface area contributed by atoms with Gasteiger partial charge < -0.3 is 9.67 Å². The van der Waals surface area contributed by atoms with Crippen molar-refractivity contribution >= 4 is 0 Å². The van der Waals surface area contributed by atoms with Crippen molar-refractivity contribution in [3.05, 3.63) is 18.2 Å². The summed E-state index contributed by atoms with van der Waals surface area (Å²) in [5.74, 6) is 0. The van der Waals surface area contributed by atoms with Gasteiger partial charge in [-0.3, -0.25) is 0 Å². The van der Waals surface area contributed by atoms with Crippen LogP contribution in [0.2, 0.25) is 0 Å². The minimum atomic E-state index is -0.178. The van der Waals surface area contributed by atoms with Crippen molar-refractivity contribution in [1.82, 2.24) is 9.55 Å². The summed E-state index contributed by atoms with van der Waals surface area (Å²) in [6, 6.07) is 0.259. The average molecular weight is 180 g/mol. The van der Waals surface area contributed by atoms with Crippen LogP contribution < -0.4 is 0 Å². The lowest BCUT2D eigenvalue weighted by molar-refractivity contribution is 0.0754. The van der Waals surface area contributed by atoms with Crippen molar-refractivity contribution in [3.8, 4) is 0 Å². The molecule has 72 valence electrons. The van der Waals surface area contributed by atoms with Crippen LogP contribution in [0.15, 0.2) is 12.5 Å². The molecule has 1 fully saturated rings. The summed E-state index contributed by atoms with van der Waals surface area (Å²) in [7, 11) is 0. The van der Waals surface area contributed by atoms with E-state index >= 15 is 0 Å². The summed E-state index contributed by atoms with van der Waals surface area (Å²) >= 11 is 0. The Morgan fingerprint density at radius 2 is 2.23 bits per heavy atom. The van der Waals surface area contributed by atoms with Gasteiger partial charge in [-0.15, -0.1) is 0 Å². The van der Waals surface area contributed by atoms with Gasteiger partial charge in [0.2, 0.25) is 0 Å². The summed E-state index contributed by atoms with van der Waals surface area (Å²) in [4.78, 5) is 4.18. The van der Waals surface area contributed by atoms with Crippen LogP contribution in [0.3, 0.4) is 0 Å². The molecule has 0 spiro atoms. The van der Waals surface area contributed by atoms with E-state index in [9.17, 15) is 5.11 Å². The maximum Gasteiger partial charge on any atom is 0.0952 e. The molecule has 1 aliphatic carbocycles. The fourth-order valence-corrected chi connectivity index (χ4v) is 2.06. The number of nitrogens with zero attached hydrogens (tertiary/aromatic N) is 2. The maximum absolute atomic E-state index is 9.78. The largest absolute Gasteiger partial charge is 0.391 e. The number of hydrogen-bond acceptors (Lipinski definition) is 2. The Morgan fingerprint density at radius 3 is 2.85 bits per heavy atom. The van der Waals surface area contributed by atoms with E-state index in [0.29, 0.717) is 0 Å². The molecule has 13 heavy (non-hydrogen) atoms. The van der Waals surface area contributed by atoms with Gasteiger partial charge in [0.15, 0.2) is 0 Å². The van der Waals surface area contributed by atoms with Crippen molar-refractivity contribution < 1.29 is 5.11 Å². The number of aliphatic hydroxyl groups excluding tert-OH is 1. The zero-order valence-electron chi connectivity index (χ0n) is 7.98. The van der Waals surface area contributed by atoms with E-state index in [0.717, 1.165) is 25.0 Å². The molecule has 1 N–H and O–H groups in total. The molecule has 0 radical (unpaired) electrons. The van der Waals surface area contributed by atoms with Crippen molar-refractivity contribution in [2.24, 2.45) is 0 Å². The van der Waals surface area contributed by atoms with Crippen LogP contribution in [0, 0.1) is 6.92 Å². The Labute approximate surface area is 78.4 Å². The summed E-state index contributed by atoms with van der Waals surface area (Å²) in [5, 5.41) is 9.78. The fourth-order valence-electron chi connectivity index (χ4n) is 2.06. The van der Waals surface area contributed by atoms with Gasteiger partial charge in [-0.1, -0.05) is 12.8 Å². The van der Waals surface area contributed by atoms with Gasteiger partial charge in [0.05, 0.1) is 24.2 Å². The predicted molar refractivity (Wildman–Crippen MR) is 50.5 cm³/mol. The van der Waals surface area contributed by atoms with Crippen LogP contribution in [0.4, 0.5) is 0 Å². The van der Waals surface area contributed by atoms with Crippen molar-refractivity contribution in [3.63, 3.8) is 0 Å². The molecule has 0 aromatic carbocycles. The Bertz CT molecular complexity index is 282. The molecule has 1 aliphatic rings. The van der Waals surface area contributed by atoms with Crippen LogP contribution in [-0.4, -0.2) is 20.8 Å². The highest BCUT2D eigenvalue weighted by atomic mass is 16.3. The number of aliphatic hydroxyl groups is 1. The fraction of sp³-hybridized carbons (Fsp3) is 0.700. The Balaban J connectivity index is 2.14. The first-order chi connectivity index (χ1) is 6.27. The molecule has 1 saturated carbocycles. The molecular weight excluding hydrogens is 164 g/mol. The molecule has 3 heteroatoms. The quantitative estimate of drug-likeness (QED) is 0.713. The maximum atomic E-state index is 9.78. The first kappa shape index (κ1) is 8.75. The number of imidazole rings is 1. The van der Waals surface area contributed by atoms with Gasteiger partial charge in [0, 0.05) is 6.20 Å². The van der Waals surface area contributed by atoms with E-state index < -0.39 is 0 Å². The van der Waals surface area contributed by atoms with E-state index in [1.54, 1.807) is 0 Å². The Morgan fingerprint density at radius 1 is 1.46 bits per heavy atom. The molecule has 3 nitrogen and oxygen atoms in total. The molecule has 0 unspecified atom stereocenters. The second kappa shape index (κ2) is 3.50. The van der Waals surface area contributed by atoms with E-state index in [1.165, 1.54) is 6.42 Å². The zero-order chi connectivity index (χ0) is 9.26. The van der Waals surface area contributed by atoms with Crippen molar-refractivity contribution in [1.29, 1.82) is 0 Å². The minimum absolute atomic E-state index is 0.178. The zero-order valence-corrected chi connectivity index (χ0v) is 7.98. The first-order valence-electron chi connectivity index (χ1n) is 4.95. The molecule has 0 aliphatic heterocycles. The highest BCUT2D eigenvalue weighted by Gasteiger charge is 2.23. The van der Waals surface area contributed by atoms with Gasteiger partial charge in [-0.05, 0) is 19.8 Å². The summed E-state index contributed by atoms with van der Waals surface area (Å²) in [5.41, 5.74) is 1.03. The van der Waals surface area contributed by atoms with Gasteiger partial charge in [0.25, 0.3) is 0 Å². The highest BCUT2D eigenvalue weighted by molar-refractivity contribution is 4.96. The second-order valence-electron chi connectivity index (χ2n) is 3.88. The van der Waals surface area contributed by atoms with Gasteiger partial charge in [0.1, 0.15) is 0 Å². The first-order valence-corrected chi connectivity index (χ1v) is 4.95. The SMILES string of the molecule is Cc1cn([C@@H]2CCCC[C@H]2O)cn1. The number of hydrogen-bond donors (Lipinski definition) is 1. The monoisotopic (exact) mass is 180 g/mol. The standard InChI is InChI=1S/C10H16N2O/c1-8-6-12(7-11-8)9-4-2-3-5-10(9)13/h6-7,9-10,13H,2-5H2,1H3/t9-,10-/m1/s1. The van der Waals surface area contributed by atoms with Crippen LogP contribution in [0.5, 0.6) is 0 Å².